The Labute approximate surface area is 138 Å². The van der Waals surface area contributed by atoms with Gasteiger partial charge >= 0.3 is 0 Å². The van der Waals surface area contributed by atoms with Crippen molar-refractivity contribution in [3.8, 4) is 11.1 Å². The Balaban J connectivity index is 1.79. The van der Waals surface area contributed by atoms with Gasteiger partial charge in [-0.3, -0.25) is 0 Å². The Morgan fingerprint density at radius 2 is 1.43 bits per heavy atom. The Kier molecular flexibility index (Phi) is 3.05. The van der Waals surface area contributed by atoms with Gasteiger partial charge in [-0.15, -0.1) is 0 Å². The summed E-state index contributed by atoms with van der Waals surface area (Å²) in [5, 5.41) is 3.57. The van der Waals surface area contributed by atoms with Crippen molar-refractivity contribution in [2.24, 2.45) is 0 Å². The molecule has 1 heteroatoms. The van der Waals surface area contributed by atoms with Crippen molar-refractivity contribution >= 4 is 11.4 Å². The highest BCUT2D eigenvalue weighted by atomic mass is 14.9. The number of benzene rings is 3. The van der Waals surface area contributed by atoms with Crippen LogP contribution in [0.25, 0.3) is 11.1 Å². The lowest BCUT2D eigenvalue weighted by Gasteiger charge is -2.22. The maximum atomic E-state index is 3.57. The second-order valence-electron chi connectivity index (χ2n) is 6.87. The molecule has 0 saturated carbocycles. The first-order valence-electron chi connectivity index (χ1n) is 8.14. The van der Waals surface area contributed by atoms with Crippen molar-refractivity contribution < 1.29 is 0 Å². The number of aryl methyl sites for hydroxylation is 1. The zero-order chi connectivity index (χ0) is 16.0. The fourth-order valence-electron chi connectivity index (χ4n) is 3.65. The van der Waals surface area contributed by atoms with Gasteiger partial charge < -0.3 is 5.32 Å². The van der Waals surface area contributed by atoms with Gasteiger partial charge in [0.1, 0.15) is 0 Å². The summed E-state index contributed by atoms with van der Waals surface area (Å²) in [7, 11) is 0. The highest BCUT2D eigenvalue weighted by Gasteiger charge is 2.35. The molecule has 4 rings (SSSR count). The van der Waals surface area contributed by atoms with E-state index >= 15 is 0 Å². The van der Waals surface area contributed by atoms with Crippen LogP contribution in [0.15, 0.2) is 66.7 Å². The molecule has 3 aromatic rings. The molecule has 0 aliphatic heterocycles. The molecule has 0 radical (unpaired) electrons. The van der Waals surface area contributed by atoms with Crippen LogP contribution in [0.2, 0.25) is 0 Å². The molecule has 3 aromatic carbocycles. The molecule has 0 amide bonds. The first-order chi connectivity index (χ1) is 11.1. The average Bonchev–Trinajstić information content (AvgIpc) is 2.78. The number of para-hydroxylation sites is 1. The molecule has 0 heterocycles. The topological polar surface area (TPSA) is 12.0 Å². The third kappa shape index (κ3) is 2.16. The third-order valence-corrected chi connectivity index (χ3v) is 5.01. The molecule has 0 atom stereocenters. The quantitative estimate of drug-likeness (QED) is 0.608. The standard InChI is InChI=1S/C22H21N/c1-15-8-4-7-11-21(15)23-16-12-13-18-17-9-5-6-10-19(17)22(2,3)20(18)14-16/h4-14,23H,1-3H3. The summed E-state index contributed by atoms with van der Waals surface area (Å²) < 4.78 is 0. The highest BCUT2D eigenvalue weighted by molar-refractivity contribution is 5.83. The van der Waals surface area contributed by atoms with Crippen molar-refractivity contribution in [1.82, 2.24) is 0 Å². The third-order valence-electron chi connectivity index (χ3n) is 5.01. The van der Waals surface area contributed by atoms with Crippen LogP contribution in [0.3, 0.4) is 0 Å². The molecule has 1 nitrogen and oxygen atoms in total. The maximum absolute atomic E-state index is 3.57. The smallest absolute Gasteiger partial charge is 0.0413 e. The van der Waals surface area contributed by atoms with E-state index in [-0.39, 0.29) is 5.41 Å². The Bertz CT molecular complexity index is 890. The fourth-order valence-corrected chi connectivity index (χ4v) is 3.65. The minimum absolute atomic E-state index is 0.0509. The predicted octanol–water partition coefficient (Wildman–Crippen LogP) is 6.04. The van der Waals surface area contributed by atoms with Crippen molar-refractivity contribution in [3.05, 3.63) is 83.4 Å². The molecular weight excluding hydrogens is 278 g/mol. The zero-order valence-corrected chi connectivity index (χ0v) is 13.9. The van der Waals surface area contributed by atoms with Crippen molar-refractivity contribution in [2.45, 2.75) is 26.2 Å². The second kappa shape index (κ2) is 4.99. The van der Waals surface area contributed by atoms with Crippen molar-refractivity contribution in [3.63, 3.8) is 0 Å². The van der Waals surface area contributed by atoms with Gasteiger partial charge in [-0.1, -0.05) is 62.4 Å². The van der Waals surface area contributed by atoms with Crippen molar-refractivity contribution in [2.75, 3.05) is 5.32 Å². The number of hydrogen-bond donors (Lipinski definition) is 1. The summed E-state index contributed by atoms with van der Waals surface area (Å²) in [6.07, 6.45) is 0. The Morgan fingerprint density at radius 1 is 0.739 bits per heavy atom. The summed E-state index contributed by atoms with van der Waals surface area (Å²) in [4.78, 5) is 0. The van der Waals surface area contributed by atoms with Crippen molar-refractivity contribution in [1.29, 1.82) is 0 Å². The molecule has 0 bridgehead atoms. The normalized spacial score (nSPS) is 14.2. The molecule has 0 aromatic heterocycles. The largest absolute Gasteiger partial charge is 0.355 e. The van der Waals surface area contributed by atoms with E-state index in [0.717, 1.165) is 5.69 Å². The summed E-state index contributed by atoms with van der Waals surface area (Å²) in [5.41, 5.74) is 9.18. The maximum Gasteiger partial charge on any atom is 0.0413 e. The van der Waals surface area contributed by atoms with E-state index in [9.17, 15) is 0 Å². The number of anilines is 2. The van der Waals surface area contributed by atoms with Crippen LogP contribution in [-0.4, -0.2) is 0 Å². The van der Waals surface area contributed by atoms with Crippen LogP contribution >= 0.6 is 0 Å². The summed E-state index contributed by atoms with van der Waals surface area (Å²) in [5.74, 6) is 0. The van der Waals surface area contributed by atoms with Crippen LogP contribution in [0.4, 0.5) is 11.4 Å². The van der Waals surface area contributed by atoms with E-state index in [2.05, 4.69) is 92.8 Å². The number of rotatable bonds is 2. The monoisotopic (exact) mass is 299 g/mol. The van der Waals surface area contributed by atoms with E-state index in [0.29, 0.717) is 0 Å². The molecule has 114 valence electrons. The minimum atomic E-state index is 0.0509. The number of hydrogen-bond acceptors (Lipinski definition) is 1. The van der Waals surface area contributed by atoms with E-state index in [1.807, 2.05) is 0 Å². The van der Waals surface area contributed by atoms with Gasteiger partial charge in [-0.05, 0) is 52.9 Å². The highest BCUT2D eigenvalue weighted by Crippen LogP contribution is 2.49. The Hall–Kier alpha value is -2.54. The molecule has 1 aliphatic carbocycles. The van der Waals surface area contributed by atoms with E-state index in [1.165, 1.54) is 33.5 Å². The van der Waals surface area contributed by atoms with Crippen LogP contribution in [0, 0.1) is 6.92 Å². The lowest BCUT2D eigenvalue weighted by Crippen LogP contribution is -2.15. The SMILES string of the molecule is Cc1ccccc1Nc1ccc2c(c1)C(C)(C)c1ccccc1-2. The average molecular weight is 299 g/mol. The van der Waals surface area contributed by atoms with Crippen LogP contribution in [0.1, 0.15) is 30.5 Å². The molecule has 1 aliphatic rings. The van der Waals surface area contributed by atoms with Crippen LogP contribution in [0.5, 0.6) is 0 Å². The predicted molar refractivity (Wildman–Crippen MR) is 98.5 cm³/mol. The number of nitrogens with one attached hydrogen (secondary N) is 1. The molecule has 23 heavy (non-hydrogen) atoms. The zero-order valence-electron chi connectivity index (χ0n) is 13.9. The molecule has 0 unspecified atom stereocenters. The van der Waals surface area contributed by atoms with Crippen LogP contribution in [-0.2, 0) is 5.41 Å². The molecule has 0 spiro atoms. The second-order valence-corrected chi connectivity index (χ2v) is 6.87. The van der Waals surface area contributed by atoms with Gasteiger partial charge in [0.05, 0.1) is 0 Å². The van der Waals surface area contributed by atoms with E-state index in [1.54, 1.807) is 0 Å². The molecule has 0 saturated heterocycles. The lowest BCUT2D eigenvalue weighted by molar-refractivity contribution is 0.660. The van der Waals surface area contributed by atoms with Crippen LogP contribution < -0.4 is 5.32 Å². The Morgan fingerprint density at radius 3 is 2.26 bits per heavy atom. The molecule has 0 fully saturated rings. The van der Waals surface area contributed by atoms with Gasteiger partial charge in [0.2, 0.25) is 0 Å². The molecular formula is C22H21N. The lowest BCUT2D eigenvalue weighted by atomic mass is 9.82. The van der Waals surface area contributed by atoms with Gasteiger partial charge in [0.15, 0.2) is 0 Å². The summed E-state index contributed by atoms with van der Waals surface area (Å²) in [6.45, 7) is 6.76. The van der Waals surface area contributed by atoms with Gasteiger partial charge in [0.25, 0.3) is 0 Å². The van der Waals surface area contributed by atoms with E-state index < -0.39 is 0 Å². The fraction of sp³-hybridized carbons (Fsp3) is 0.182. The minimum Gasteiger partial charge on any atom is -0.355 e. The molecule has 1 N–H and O–H groups in total. The summed E-state index contributed by atoms with van der Waals surface area (Å²) >= 11 is 0. The van der Waals surface area contributed by atoms with Gasteiger partial charge in [0, 0.05) is 16.8 Å². The number of fused-ring (bicyclic) bond motifs is 3. The first-order valence-corrected chi connectivity index (χ1v) is 8.14. The van der Waals surface area contributed by atoms with E-state index in [4.69, 9.17) is 0 Å². The first kappa shape index (κ1) is 14.1. The van der Waals surface area contributed by atoms with Gasteiger partial charge in [-0.2, -0.15) is 0 Å². The summed E-state index contributed by atoms with van der Waals surface area (Å²) in [6, 6.07) is 23.9. The van der Waals surface area contributed by atoms with Gasteiger partial charge in [-0.25, -0.2) is 0 Å².